The van der Waals surface area contributed by atoms with Crippen LogP contribution in [0.2, 0.25) is 0 Å². The first-order valence-corrected chi connectivity index (χ1v) is 6.83. The summed E-state index contributed by atoms with van der Waals surface area (Å²) in [4.78, 5) is 0. The van der Waals surface area contributed by atoms with Crippen LogP contribution in [0.3, 0.4) is 0 Å². The van der Waals surface area contributed by atoms with Gasteiger partial charge < -0.3 is 10.4 Å². The highest BCUT2D eigenvalue weighted by Crippen LogP contribution is 2.31. The minimum absolute atomic E-state index is 0.210. The van der Waals surface area contributed by atoms with Gasteiger partial charge in [-0.3, -0.25) is 0 Å². The van der Waals surface area contributed by atoms with Gasteiger partial charge in [-0.25, -0.2) is 0 Å². The zero-order chi connectivity index (χ0) is 12.3. The molecule has 0 aliphatic heterocycles. The molecule has 0 aliphatic rings. The van der Waals surface area contributed by atoms with E-state index in [1.165, 1.54) is 0 Å². The molecule has 0 saturated heterocycles. The van der Waals surface area contributed by atoms with Crippen molar-refractivity contribution in [1.82, 2.24) is 0 Å². The first-order chi connectivity index (χ1) is 7.34. The summed E-state index contributed by atoms with van der Waals surface area (Å²) >= 11 is 6.96. The molecular formula is C12H17Br2NO. The van der Waals surface area contributed by atoms with Crippen LogP contribution in [0.1, 0.15) is 20.8 Å². The molecule has 0 aliphatic carbocycles. The third-order valence-electron chi connectivity index (χ3n) is 2.83. The Morgan fingerprint density at radius 1 is 1.31 bits per heavy atom. The highest BCUT2D eigenvalue weighted by atomic mass is 79.9. The van der Waals surface area contributed by atoms with Crippen LogP contribution >= 0.6 is 31.9 Å². The highest BCUT2D eigenvalue weighted by molar-refractivity contribution is 9.11. The normalized spacial score (nSPS) is 14.9. The summed E-state index contributed by atoms with van der Waals surface area (Å²) in [6, 6.07) is 5.90. The molecule has 0 bridgehead atoms. The molecule has 2 N–H and O–H groups in total. The van der Waals surface area contributed by atoms with E-state index < -0.39 is 5.60 Å². The minimum Gasteiger partial charge on any atom is -0.388 e. The van der Waals surface area contributed by atoms with Gasteiger partial charge in [0, 0.05) is 15.5 Å². The number of benzene rings is 1. The summed E-state index contributed by atoms with van der Waals surface area (Å²) < 4.78 is 1.97. The Balaban J connectivity index is 2.75. The monoisotopic (exact) mass is 349 g/mol. The fourth-order valence-corrected chi connectivity index (χ4v) is 2.42. The summed E-state index contributed by atoms with van der Waals surface area (Å²) in [5, 5.41) is 13.4. The van der Waals surface area contributed by atoms with Gasteiger partial charge in [0.05, 0.1) is 11.3 Å². The van der Waals surface area contributed by atoms with Gasteiger partial charge in [0.2, 0.25) is 0 Å². The molecule has 1 aromatic carbocycles. The van der Waals surface area contributed by atoms with E-state index in [1.807, 2.05) is 39.0 Å². The average molecular weight is 351 g/mol. The van der Waals surface area contributed by atoms with E-state index in [4.69, 9.17) is 0 Å². The standard InChI is InChI=1S/C12H17Br2NO/c1-8(2)12(3,16)7-15-11-9(13)5-4-6-10(11)14/h4-6,8,15-16H,7H2,1-3H3. The SMILES string of the molecule is CC(C)C(C)(O)CNc1c(Br)cccc1Br. The Kier molecular flexibility index (Phi) is 4.83. The molecule has 0 heterocycles. The van der Waals surface area contributed by atoms with Crippen LogP contribution in [0.15, 0.2) is 27.1 Å². The molecule has 16 heavy (non-hydrogen) atoms. The zero-order valence-electron chi connectivity index (χ0n) is 9.72. The first kappa shape index (κ1) is 14.0. The van der Waals surface area contributed by atoms with Crippen LogP contribution in [0, 0.1) is 5.92 Å². The van der Waals surface area contributed by atoms with Crippen molar-refractivity contribution in [2.75, 3.05) is 11.9 Å². The van der Waals surface area contributed by atoms with Crippen LogP contribution in [0.4, 0.5) is 5.69 Å². The smallest absolute Gasteiger partial charge is 0.0814 e. The second-order valence-electron chi connectivity index (χ2n) is 4.46. The second-order valence-corrected chi connectivity index (χ2v) is 6.17. The van der Waals surface area contributed by atoms with Gasteiger partial charge in [0.15, 0.2) is 0 Å². The maximum absolute atomic E-state index is 10.1. The topological polar surface area (TPSA) is 32.3 Å². The maximum atomic E-state index is 10.1. The van der Waals surface area contributed by atoms with E-state index in [2.05, 4.69) is 37.2 Å². The Morgan fingerprint density at radius 2 is 1.81 bits per heavy atom. The van der Waals surface area contributed by atoms with Gasteiger partial charge in [-0.15, -0.1) is 0 Å². The molecule has 0 spiro atoms. The maximum Gasteiger partial charge on any atom is 0.0814 e. The molecule has 1 rings (SSSR count). The van der Waals surface area contributed by atoms with Gasteiger partial charge in [0.25, 0.3) is 0 Å². The highest BCUT2D eigenvalue weighted by Gasteiger charge is 2.24. The summed E-state index contributed by atoms with van der Waals surface area (Å²) in [5.74, 6) is 0.210. The van der Waals surface area contributed by atoms with E-state index in [0.29, 0.717) is 6.54 Å². The summed E-state index contributed by atoms with van der Waals surface area (Å²) in [6.45, 7) is 6.38. The number of para-hydroxylation sites is 1. The van der Waals surface area contributed by atoms with Crippen molar-refractivity contribution in [2.24, 2.45) is 5.92 Å². The lowest BCUT2D eigenvalue weighted by molar-refractivity contribution is 0.0266. The number of aliphatic hydroxyl groups is 1. The molecule has 1 aromatic rings. The number of anilines is 1. The van der Waals surface area contributed by atoms with Gasteiger partial charge >= 0.3 is 0 Å². The van der Waals surface area contributed by atoms with Gasteiger partial charge in [-0.05, 0) is 56.8 Å². The Bertz CT molecular complexity index is 344. The van der Waals surface area contributed by atoms with Crippen LogP contribution in [0.25, 0.3) is 0 Å². The lowest BCUT2D eigenvalue weighted by Gasteiger charge is -2.28. The predicted molar refractivity (Wildman–Crippen MR) is 75.8 cm³/mol. The largest absolute Gasteiger partial charge is 0.388 e. The second kappa shape index (κ2) is 5.52. The fraction of sp³-hybridized carbons (Fsp3) is 0.500. The molecule has 1 atom stereocenters. The molecule has 0 saturated carbocycles. The van der Waals surface area contributed by atoms with Crippen molar-refractivity contribution in [3.8, 4) is 0 Å². The van der Waals surface area contributed by atoms with Crippen LogP contribution in [-0.2, 0) is 0 Å². The summed E-state index contributed by atoms with van der Waals surface area (Å²) in [6.07, 6.45) is 0. The minimum atomic E-state index is -0.714. The number of rotatable bonds is 4. The van der Waals surface area contributed by atoms with E-state index in [-0.39, 0.29) is 5.92 Å². The third-order valence-corrected chi connectivity index (χ3v) is 4.15. The van der Waals surface area contributed by atoms with Crippen molar-refractivity contribution in [1.29, 1.82) is 0 Å². The van der Waals surface area contributed by atoms with Crippen molar-refractivity contribution in [2.45, 2.75) is 26.4 Å². The lowest BCUT2D eigenvalue weighted by atomic mass is 9.92. The van der Waals surface area contributed by atoms with Crippen molar-refractivity contribution >= 4 is 37.5 Å². The molecule has 2 nitrogen and oxygen atoms in total. The zero-order valence-corrected chi connectivity index (χ0v) is 12.9. The molecule has 0 fully saturated rings. The molecule has 0 radical (unpaired) electrons. The van der Waals surface area contributed by atoms with Crippen LogP contribution in [0.5, 0.6) is 0 Å². The van der Waals surface area contributed by atoms with Gasteiger partial charge in [0.1, 0.15) is 0 Å². The van der Waals surface area contributed by atoms with E-state index in [0.717, 1.165) is 14.6 Å². The Morgan fingerprint density at radius 3 is 2.25 bits per heavy atom. The third kappa shape index (κ3) is 3.47. The van der Waals surface area contributed by atoms with Crippen molar-refractivity contribution in [3.63, 3.8) is 0 Å². The number of nitrogens with one attached hydrogen (secondary N) is 1. The number of hydrogen-bond acceptors (Lipinski definition) is 2. The molecule has 1 unspecified atom stereocenters. The van der Waals surface area contributed by atoms with E-state index in [9.17, 15) is 5.11 Å². The molecular weight excluding hydrogens is 334 g/mol. The van der Waals surface area contributed by atoms with E-state index in [1.54, 1.807) is 0 Å². The lowest BCUT2D eigenvalue weighted by Crippen LogP contribution is -2.38. The molecule has 4 heteroatoms. The van der Waals surface area contributed by atoms with Crippen LogP contribution in [-0.4, -0.2) is 17.3 Å². The summed E-state index contributed by atoms with van der Waals surface area (Å²) in [7, 11) is 0. The van der Waals surface area contributed by atoms with Crippen molar-refractivity contribution in [3.05, 3.63) is 27.1 Å². The predicted octanol–water partition coefficient (Wildman–Crippen LogP) is 4.03. The average Bonchev–Trinajstić information content (AvgIpc) is 2.16. The van der Waals surface area contributed by atoms with Crippen LogP contribution < -0.4 is 5.32 Å². The van der Waals surface area contributed by atoms with E-state index >= 15 is 0 Å². The number of halogens is 2. The van der Waals surface area contributed by atoms with Crippen molar-refractivity contribution < 1.29 is 5.11 Å². The fourth-order valence-electron chi connectivity index (χ4n) is 1.14. The quantitative estimate of drug-likeness (QED) is 0.859. The number of hydrogen-bond donors (Lipinski definition) is 2. The Hall–Kier alpha value is -0.0600. The van der Waals surface area contributed by atoms with Gasteiger partial charge in [-0.1, -0.05) is 19.9 Å². The molecule has 0 amide bonds. The first-order valence-electron chi connectivity index (χ1n) is 5.25. The Labute approximate surface area is 114 Å². The summed E-state index contributed by atoms with van der Waals surface area (Å²) in [5.41, 5.74) is 0.262. The van der Waals surface area contributed by atoms with Gasteiger partial charge in [-0.2, -0.15) is 0 Å². The molecule has 90 valence electrons. The molecule has 0 aromatic heterocycles.